The molecule has 1 N–H and O–H groups in total. The average Bonchev–Trinajstić information content (AvgIpc) is 2.48. The summed E-state index contributed by atoms with van der Waals surface area (Å²) in [6, 6.07) is 11.5. The predicted octanol–water partition coefficient (Wildman–Crippen LogP) is 3.99. The topological polar surface area (TPSA) is 57.2 Å². The molecule has 118 valence electrons. The second-order valence-corrected chi connectivity index (χ2v) is 8.08. The number of aromatic nitrogens is 1. The van der Waals surface area contributed by atoms with Gasteiger partial charge in [0.05, 0.1) is 12.2 Å². The summed E-state index contributed by atoms with van der Waals surface area (Å²) in [6.07, 6.45) is 3.38. The fourth-order valence-electron chi connectivity index (χ4n) is 1.77. The first-order valence-electron chi connectivity index (χ1n) is 7.22. The lowest BCUT2D eigenvalue weighted by Crippen LogP contribution is -2.40. The van der Waals surface area contributed by atoms with Crippen LogP contribution in [0.1, 0.15) is 39.3 Å². The summed E-state index contributed by atoms with van der Waals surface area (Å²) in [7, 11) is 0. The molecule has 0 amide bonds. The van der Waals surface area contributed by atoms with E-state index in [4.69, 9.17) is 4.74 Å². The van der Waals surface area contributed by atoms with Gasteiger partial charge < -0.3 is 9.29 Å². The van der Waals surface area contributed by atoms with Crippen molar-refractivity contribution in [1.29, 1.82) is 0 Å². The molecule has 1 aromatic carbocycles. The van der Waals surface area contributed by atoms with Gasteiger partial charge in [-0.25, -0.2) is 0 Å². The first kappa shape index (κ1) is 16.8. The summed E-state index contributed by atoms with van der Waals surface area (Å²) in [5.41, 5.74) is 1.07. The summed E-state index contributed by atoms with van der Waals surface area (Å²) in [5, 5.41) is 0. The maximum atomic E-state index is 12.1. The average molecular weight is 318 g/mol. The molecule has 1 aromatic heterocycles. The van der Waals surface area contributed by atoms with Gasteiger partial charge in [0.15, 0.2) is 0 Å². The molecule has 0 radical (unpaired) electrons. The van der Waals surface area contributed by atoms with E-state index in [1.807, 2.05) is 64.1 Å². The molecule has 0 spiro atoms. The first-order chi connectivity index (χ1) is 10.4. The summed E-state index contributed by atoms with van der Waals surface area (Å²) >= 11 is -1.09. The van der Waals surface area contributed by atoms with Crippen molar-refractivity contribution in [1.82, 2.24) is 9.71 Å². The monoisotopic (exact) mass is 318 g/mol. The standard InChI is InChI=1S/C17H22N2O2S/c1-13(19-22(20)17(2,3)4)14-7-9-15(10-8-14)21-16-6-5-11-18-12-16/h5-13,19H,1-4H3. The minimum absolute atomic E-state index is 0.00694. The fraction of sp³-hybridized carbons (Fsp3) is 0.353. The molecule has 0 saturated carbocycles. The van der Waals surface area contributed by atoms with Crippen molar-refractivity contribution in [2.45, 2.75) is 38.5 Å². The van der Waals surface area contributed by atoms with Crippen molar-refractivity contribution in [3.05, 3.63) is 54.4 Å². The molecule has 2 rings (SSSR count). The highest BCUT2D eigenvalue weighted by molar-refractivity contribution is 7.90. The normalized spacial score (nSPS) is 14.4. The number of nitrogens with zero attached hydrogens (tertiary/aromatic N) is 1. The third kappa shape index (κ3) is 4.73. The Labute approximate surface area is 135 Å². The lowest BCUT2D eigenvalue weighted by atomic mass is 10.1. The van der Waals surface area contributed by atoms with E-state index in [0.717, 1.165) is 11.3 Å². The van der Waals surface area contributed by atoms with E-state index in [0.29, 0.717) is 5.75 Å². The summed E-state index contributed by atoms with van der Waals surface area (Å²) < 4.78 is 20.7. The molecule has 22 heavy (non-hydrogen) atoms. The van der Waals surface area contributed by atoms with Crippen LogP contribution in [-0.4, -0.2) is 14.3 Å². The van der Waals surface area contributed by atoms with Crippen LogP contribution >= 0.6 is 0 Å². The van der Waals surface area contributed by atoms with Crippen LogP contribution in [0.3, 0.4) is 0 Å². The second kappa shape index (κ2) is 7.13. The Bertz CT molecular complexity index is 582. The quantitative estimate of drug-likeness (QED) is 0.847. The lowest BCUT2D eigenvalue weighted by Gasteiger charge is -2.26. The molecular weight excluding hydrogens is 296 g/mol. The van der Waals surface area contributed by atoms with E-state index in [9.17, 15) is 4.55 Å². The third-order valence-electron chi connectivity index (χ3n) is 3.09. The first-order valence-corrected chi connectivity index (χ1v) is 8.37. The van der Waals surface area contributed by atoms with Crippen molar-refractivity contribution >= 4 is 11.4 Å². The Hall–Kier alpha value is -1.56. The van der Waals surface area contributed by atoms with E-state index in [-0.39, 0.29) is 10.8 Å². The highest BCUT2D eigenvalue weighted by atomic mass is 32.2. The number of pyridine rings is 1. The smallest absolute Gasteiger partial charge is 0.145 e. The van der Waals surface area contributed by atoms with Gasteiger partial charge in [0, 0.05) is 17.6 Å². The van der Waals surface area contributed by atoms with Crippen LogP contribution in [0.15, 0.2) is 48.8 Å². The molecule has 2 aromatic rings. The summed E-state index contributed by atoms with van der Waals surface area (Å²) in [4.78, 5) is 4.01. The lowest BCUT2D eigenvalue weighted by molar-refractivity contribution is 0.479. The Balaban J connectivity index is 1.99. The third-order valence-corrected chi connectivity index (χ3v) is 4.77. The Morgan fingerprint density at radius 2 is 1.82 bits per heavy atom. The predicted molar refractivity (Wildman–Crippen MR) is 90.2 cm³/mol. The highest BCUT2D eigenvalue weighted by Crippen LogP contribution is 2.24. The molecule has 4 nitrogen and oxygen atoms in total. The van der Waals surface area contributed by atoms with Gasteiger partial charge in [-0.05, 0) is 57.5 Å². The van der Waals surface area contributed by atoms with Gasteiger partial charge >= 0.3 is 0 Å². The van der Waals surface area contributed by atoms with Crippen molar-refractivity contribution in [3.63, 3.8) is 0 Å². The Kier molecular flexibility index (Phi) is 5.45. The molecule has 0 bridgehead atoms. The number of hydrogen-bond donors (Lipinski definition) is 1. The Morgan fingerprint density at radius 3 is 2.36 bits per heavy atom. The molecular formula is C17H22N2O2S. The number of rotatable bonds is 5. The van der Waals surface area contributed by atoms with Gasteiger partial charge in [-0.3, -0.25) is 4.98 Å². The molecule has 2 atom stereocenters. The van der Waals surface area contributed by atoms with Crippen LogP contribution in [0, 0.1) is 0 Å². The van der Waals surface area contributed by atoms with Crippen molar-refractivity contribution in [2.24, 2.45) is 0 Å². The number of ether oxygens (including phenoxy) is 1. The maximum Gasteiger partial charge on any atom is 0.145 e. The highest BCUT2D eigenvalue weighted by Gasteiger charge is 2.28. The zero-order valence-corrected chi connectivity index (χ0v) is 14.2. The van der Waals surface area contributed by atoms with Gasteiger partial charge in [-0.2, -0.15) is 0 Å². The van der Waals surface area contributed by atoms with E-state index >= 15 is 0 Å². The molecule has 0 saturated heterocycles. The van der Waals surface area contributed by atoms with Crippen LogP contribution in [0.25, 0.3) is 0 Å². The molecule has 0 fully saturated rings. The largest absolute Gasteiger partial charge is 0.598 e. The summed E-state index contributed by atoms with van der Waals surface area (Å²) in [6.45, 7) is 7.86. The molecule has 1 heterocycles. The number of nitrogens with one attached hydrogen (secondary N) is 1. The van der Waals surface area contributed by atoms with E-state index in [1.165, 1.54) is 0 Å². The van der Waals surface area contributed by atoms with Crippen LogP contribution in [0.2, 0.25) is 0 Å². The van der Waals surface area contributed by atoms with Gasteiger partial charge in [0.2, 0.25) is 0 Å². The van der Waals surface area contributed by atoms with Crippen LogP contribution in [0.4, 0.5) is 0 Å². The van der Waals surface area contributed by atoms with Gasteiger partial charge in [-0.1, -0.05) is 12.1 Å². The van der Waals surface area contributed by atoms with E-state index in [1.54, 1.807) is 12.4 Å². The molecule has 0 aliphatic rings. The molecule has 0 aliphatic heterocycles. The number of hydrogen-bond acceptors (Lipinski definition) is 4. The van der Waals surface area contributed by atoms with E-state index in [2.05, 4.69) is 9.71 Å². The molecule has 5 heteroatoms. The van der Waals surface area contributed by atoms with Crippen molar-refractivity contribution < 1.29 is 9.29 Å². The zero-order valence-electron chi connectivity index (χ0n) is 13.4. The molecule has 0 aliphatic carbocycles. The zero-order chi connectivity index (χ0) is 16.2. The van der Waals surface area contributed by atoms with Crippen molar-refractivity contribution in [3.8, 4) is 11.5 Å². The Morgan fingerprint density at radius 1 is 1.14 bits per heavy atom. The minimum Gasteiger partial charge on any atom is -0.598 e. The molecule has 2 unspecified atom stereocenters. The maximum absolute atomic E-state index is 12.1. The fourth-order valence-corrected chi connectivity index (χ4v) is 2.58. The van der Waals surface area contributed by atoms with Gasteiger partial charge in [0.1, 0.15) is 16.2 Å². The minimum atomic E-state index is -1.09. The SMILES string of the molecule is CC(N[S+]([O-])C(C)(C)C)c1ccc(Oc2cccnc2)cc1. The van der Waals surface area contributed by atoms with Crippen LogP contribution in [-0.2, 0) is 11.4 Å². The number of benzene rings is 1. The van der Waals surface area contributed by atoms with E-state index < -0.39 is 11.4 Å². The second-order valence-electron chi connectivity index (χ2n) is 6.08. The van der Waals surface area contributed by atoms with Crippen LogP contribution < -0.4 is 9.46 Å². The van der Waals surface area contributed by atoms with Gasteiger partial charge in [0.25, 0.3) is 0 Å². The van der Waals surface area contributed by atoms with Crippen LogP contribution in [0.5, 0.6) is 11.5 Å². The van der Waals surface area contributed by atoms with Gasteiger partial charge in [-0.15, -0.1) is 4.72 Å². The summed E-state index contributed by atoms with van der Waals surface area (Å²) in [5.74, 6) is 1.45. The van der Waals surface area contributed by atoms with Crippen molar-refractivity contribution in [2.75, 3.05) is 0 Å².